The smallest absolute Gasteiger partial charge is 0.310 e. The van der Waals surface area contributed by atoms with Crippen LogP contribution in [0, 0.1) is 3.57 Å². The average Bonchev–Trinajstić information content (AvgIpc) is 2.71. The Balaban J connectivity index is 1.97. The largest absolute Gasteiger partial charge is 0.493 e. The minimum atomic E-state index is -0.205. The van der Waals surface area contributed by atoms with Gasteiger partial charge in [-0.1, -0.05) is 56.9 Å². The van der Waals surface area contributed by atoms with E-state index in [1.807, 2.05) is 31.2 Å². The third kappa shape index (κ3) is 8.64. The lowest BCUT2D eigenvalue weighted by Crippen LogP contribution is -2.10. The van der Waals surface area contributed by atoms with Crippen LogP contribution in [0.1, 0.15) is 57.1 Å². The van der Waals surface area contributed by atoms with E-state index in [9.17, 15) is 4.79 Å². The first-order valence-electron chi connectivity index (χ1n) is 10.5. The van der Waals surface area contributed by atoms with E-state index >= 15 is 0 Å². The number of carbonyl (C=O) groups is 1. The molecular weight excluding hydrogens is 477 g/mol. The van der Waals surface area contributed by atoms with Crippen molar-refractivity contribution >= 4 is 34.2 Å². The normalized spacial score (nSPS) is 10.6. The Hall–Kier alpha value is -1.76. The Morgan fingerprint density at radius 3 is 2.59 bits per heavy atom. The van der Waals surface area contributed by atoms with Gasteiger partial charge in [0.15, 0.2) is 0 Å². The number of esters is 1. The molecular formula is C24H32INO3. The van der Waals surface area contributed by atoms with Gasteiger partial charge in [-0.25, -0.2) is 0 Å². The van der Waals surface area contributed by atoms with Crippen molar-refractivity contribution < 1.29 is 14.3 Å². The molecule has 0 fully saturated rings. The molecule has 2 aromatic rings. The van der Waals surface area contributed by atoms with E-state index in [-0.39, 0.29) is 12.4 Å². The molecule has 0 amide bonds. The second-order valence-corrected chi connectivity index (χ2v) is 8.25. The number of rotatable bonds is 13. The van der Waals surface area contributed by atoms with E-state index in [1.54, 1.807) is 0 Å². The van der Waals surface area contributed by atoms with Crippen molar-refractivity contribution in [1.82, 2.24) is 0 Å². The van der Waals surface area contributed by atoms with Crippen LogP contribution in [0.5, 0.6) is 5.75 Å². The molecule has 29 heavy (non-hydrogen) atoms. The summed E-state index contributed by atoms with van der Waals surface area (Å²) in [5.74, 6) is 0.728. The van der Waals surface area contributed by atoms with Gasteiger partial charge in [0.05, 0.1) is 19.6 Å². The van der Waals surface area contributed by atoms with Crippen molar-refractivity contribution in [3.8, 4) is 5.75 Å². The molecule has 0 aromatic heterocycles. The fraction of sp³-hybridized carbons (Fsp3) is 0.458. The second kappa shape index (κ2) is 13.5. The first kappa shape index (κ1) is 23.5. The molecule has 0 atom stereocenters. The van der Waals surface area contributed by atoms with E-state index in [2.05, 4.69) is 53.0 Å². The van der Waals surface area contributed by atoms with Crippen molar-refractivity contribution in [3.63, 3.8) is 0 Å². The number of para-hydroxylation sites is 1. The summed E-state index contributed by atoms with van der Waals surface area (Å²) in [4.78, 5) is 11.9. The van der Waals surface area contributed by atoms with Crippen molar-refractivity contribution in [1.29, 1.82) is 0 Å². The van der Waals surface area contributed by atoms with E-state index < -0.39 is 0 Å². The van der Waals surface area contributed by atoms with Crippen LogP contribution in [0.4, 0.5) is 5.69 Å². The van der Waals surface area contributed by atoms with Crippen LogP contribution < -0.4 is 10.1 Å². The zero-order valence-electron chi connectivity index (χ0n) is 17.5. The summed E-state index contributed by atoms with van der Waals surface area (Å²) in [6, 6.07) is 14.2. The number of unbranched alkanes of at least 4 members (excludes halogenated alkanes) is 4. The molecule has 0 aliphatic rings. The number of halogens is 1. The summed E-state index contributed by atoms with van der Waals surface area (Å²) in [6.45, 7) is 5.84. The van der Waals surface area contributed by atoms with Crippen LogP contribution in [0.3, 0.4) is 0 Å². The molecule has 0 heterocycles. The maximum atomic E-state index is 11.9. The predicted octanol–water partition coefficient (Wildman–Crippen LogP) is 6.36. The van der Waals surface area contributed by atoms with Gasteiger partial charge in [-0.2, -0.15) is 0 Å². The highest BCUT2D eigenvalue weighted by atomic mass is 127. The van der Waals surface area contributed by atoms with Crippen LogP contribution in [0.25, 0.3) is 0 Å². The fourth-order valence-corrected chi connectivity index (χ4v) is 3.56. The molecule has 0 bridgehead atoms. The minimum absolute atomic E-state index is 0.205. The van der Waals surface area contributed by atoms with Crippen LogP contribution in [0.2, 0.25) is 0 Å². The van der Waals surface area contributed by atoms with Crippen molar-refractivity contribution in [2.45, 2.75) is 58.9 Å². The van der Waals surface area contributed by atoms with Gasteiger partial charge >= 0.3 is 5.97 Å². The first-order valence-corrected chi connectivity index (χ1v) is 11.6. The summed E-state index contributed by atoms with van der Waals surface area (Å²) < 4.78 is 12.3. The van der Waals surface area contributed by atoms with Gasteiger partial charge in [0, 0.05) is 21.4 Å². The van der Waals surface area contributed by atoms with Crippen LogP contribution >= 0.6 is 22.6 Å². The lowest BCUT2D eigenvalue weighted by molar-refractivity contribution is -0.142. The minimum Gasteiger partial charge on any atom is -0.493 e. The van der Waals surface area contributed by atoms with Crippen LogP contribution in [0.15, 0.2) is 42.5 Å². The molecule has 0 aliphatic heterocycles. The van der Waals surface area contributed by atoms with Crippen molar-refractivity contribution in [2.24, 2.45) is 0 Å². The highest BCUT2D eigenvalue weighted by Gasteiger charge is 2.10. The zero-order valence-corrected chi connectivity index (χ0v) is 19.7. The zero-order chi connectivity index (χ0) is 20.9. The van der Waals surface area contributed by atoms with Gasteiger partial charge in [-0.3, -0.25) is 4.79 Å². The molecule has 0 radical (unpaired) electrons. The molecule has 1 N–H and O–H groups in total. The molecule has 4 nitrogen and oxygen atoms in total. The van der Waals surface area contributed by atoms with Gasteiger partial charge in [0.1, 0.15) is 5.75 Å². The van der Waals surface area contributed by atoms with E-state index in [4.69, 9.17) is 9.47 Å². The first-order chi connectivity index (χ1) is 14.1. The van der Waals surface area contributed by atoms with E-state index in [0.29, 0.717) is 13.2 Å². The maximum absolute atomic E-state index is 11.9. The SMILES string of the molecule is CCCCCCCOc1cc(I)ccc1CNc1ccccc1CC(=O)OCC. The Morgan fingerprint density at radius 2 is 1.79 bits per heavy atom. The van der Waals surface area contributed by atoms with Crippen molar-refractivity contribution in [2.75, 3.05) is 18.5 Å². The summed E-state index contributed by atoms with van der Waals surface area (Å²) in [5, 5.41) is 3.46. The molecule has 5 heteroatoms. The highest BCUT2D eigenvalue weighted by molar-refractivity contribution is 14.1. The van der Waals surface area contributed by atoms with Crippen LogP contribution in [-0.4, -0.2) is 19.2 Å². The third-order valence-electron chi connectivity index (χ3n) is 4.66. The van der Waals surface area contributed by atoms with E-state index in [1.165, 1.54) is 25.7 Å². The molecule has 0 spiro atoms. The van der Waals surface area contributed by atoms with Gasteiger partial charge in [0.25, 0.3) is 0 Å². The molecule has 0 aliphatic carbocycles. The standard InChI is InChI=1S/C24H32INO3/c1-3-5-6-7-10-15-29-23-17-21(25)14-13-20(23)18-26-22-12-9-8-11-19(22)16-24(27)28-4-2/h8-9,11-14,17,26H,3-7,10,15-16,18H2,1-2H3. The number of benzene rings is 2. The number of hydrogen-bond donors (Lipinski definition) is 1. The van der Waals surface area contributed by atoms with Gasteiger partial charge in [0.2, 0.25) is 0 Å². The number of carbonyl (C=O) groups excluding carboxylic acids is 1. The second-order valence-electron chi connectivity index (χ2n) is 7.01. The Labute approximate surface area is 188 Å². The number of hydrogen-bond acceptors (Lipinski definition) is 4. The lowest BCUT2D eigenvalue weighted by atomic mass is 10.1. The molecule has 0 saturated carbocycles. The lowest BCUT2D eigenvalue weighted by Gasteiger charge is -2.15. The Kier molecular flexibility index (Phi) is 10.9. The Morgan fingerprint density at radius 1 is 1.00 bits per heavy atom. The van der Waals surface area contributed by atoms with Crippen molar-refractivity contribution in [3.05, 3.63) is 57.2 Å². The quantitative estimate of drug-likeness (QED) is 0.194. The topological polar surface area (TPSA) is 47.6 Å². The molecule has 158 valence electrons. The maximum Gasteiger partial charge on any atom is 0.310 e. The molecule has 0 unspecified atom stereocenters. The van der Waals surface area contributed by atoms with Gasteiger partial charge in [-0.15, -0.1) is 0 Å². The predicted molar refractivity (Wildman–Crippen MR) is 128 cm³/mol. The number of ether oxygens (including phenoxy) is 2. The van der Waals surface area contributed by atoms with Gasteiger partial charge in [-0.05, 0) is 59.7 Å². The average molecular weight is 509 g/mol. The molecule has 2 aromatic carbocycles. The molecule has 0 saturated heterocycles. The Bertz CT molecular complexity index is 764. The third-order valence-corrected chi connectivity index (χ3v) is 5.33. The molecule has 2 rings (SSSR count). The summed E-state index contributed by atoms with van der Waals surface area (Å²) in [6.07, 6.45) is 6.39. The summed E-state index contributed by atoms with van der Waals surface area (Å²) in [7, 11) is 0. The number of nitrogens with one attached hydrogen (secondary N) is 1. The fourth-order valence-electron chi connectivity index (χ4n) is 3.10. The monoisotopic (exact) mass is 509 g/mol. The van der Waals surface area contributed by atoms with Crippen LogP contribution in [-0.2, 0) is 22.5 Å². The highest BCUT2D eigenvalue weighted by Crippen LogP contribution is 2.24. The summed E-state index contributed by atoms with van der Waals surface area (Å²) >= 11 is 2.32. The summed E-state index contributed by atoms with van der Waals surface area (Å²) in [5.41, 5.74) is 3.00. The van der Waals surface area contributed by atoms with Gasteiger partial charge < -0.3 is 14.8 Å². The van der Waals surface area contributed by atoms with E-state index in [0.717, 1.165) is 39.2 Å². The number of anilines is 1.